The maximum Gasteiger partial charge on any atom is 0.319 e. The first-order valence-corrected chi connectivity index (χ1v) is 19.0. The fraction of sp³-hybridized carbons (Fsp3) is 0.267. The molecule has 0 aliphatic heterocycles. The third kappa shape index (κ3) is 14.4. The molecular formula is C45H50N8ORu. The van der Waals surface area contributed by atoms with Crippen LogP contribution in [0.2, 0.25) is 0 Å². The second kappa shape index (κ2) is 24.8. The van der Waals surface area contributed by atoms with Gasteiger partial charge in [0.2, 0.25) is 0 Å². The van der Waals surface area contributed by atoms with Crippen LogP contribution in [0.5, 0.6) is 0 Å². The van der Waals surface area contributed by atoms with Crippen molar-refractivity contribution < 1.29 is 24.3 Å². The van der Waals surface area contributed by atoms with Crippen molar-refractivity contribution in [3.8, 4) is 22.8 Å². The molecular weight excluding hydrogens is 770 g/mol. The molecule has 0 saturated heterocycles. The molecule has 0 atom stereocenters. The second-order valence-electron chi connectivity index (χ2n) is 12.8. The van der Waals surface area contributed by atoms with Crippen LogP contribution in [0.4, 0.5) is 10.5 Å². The number of carbonyl (C=O) groups is 1. The number of hydrogen-bond donors (Lipinski definition) is 2. The summed E-state index contributed by atoms with van der Waals surface area (Å²) >= 11 is 0. The summed E-state index contributed by atoms with van der Waals surface area (Å²) in [6.07, 6.45) is 23.5. The number of hydrogen-bond acceptors (Lipinski definition) is 7. The summed E-state index contributed by atoms with van der Waals surface area (Å²) in [5.74, 6) is 0. The Balaban J connectivity index is 0.000000219. The third-order valence-electron chi connectivity index (χ3n) is 8.71. The number of nitrogens with one attached hydrogen (secondary N) is 2. The van der Waals surface area contributed by atoms with E-state index in [2.05, 4.69) is 47.5 Å². The van der Waals surface area contributed by atoms with Gasteiger partial charge in [0, 0.05) is 74.0 Å². The van der Waals surface area contributed by atoms with Gasteiger partial charge in [-0.05, 0) is 79.2 Å². The molecule has 55 heavy (non-hydrogen) atoms. The van der Waals surface area contributed by atoms with Crippen LogP contribution in [0.1, 0.15) is 71.1 Å². The number of carbonyl (C=O) groups excluding carboxylic acids is 1. The predicted molar refractivity (Wildman–Crippen MR) is 221 cm³/mol. The average Bonchev–Trinajstić information content (AvgIpc) is 3.24. The zero-order chi connectivity index (χ0) is 37.5. The standard InChI is InChI=1S/C25H34N4O.2C10H8N2.Ru/c1-2-3-4-5-6-7-8-9-10-11-16-28-25(30)29-22-19-20-14-12-17-26-23(20)24-21(22)15-13-18-27-24;2*1-3-7-11-9(5-1)10-6-2-4-8-12-10;/h12-15,17-19H,2-11,16H2,1H3,(H2,28,29,30);2*1-8H;. The molecule has 0 radical (unpaired) electrons. The number of anilines is 1. The Morgan fingerprint density at radius 2 is 0.927 bits per heavy atom. The molecule has 7 aromatic rings. The number of rotatable bonds is 14. The monoisotopic (exact) mass is 820 g/mol. The minimum atomic E-state index is -0.167. The van der Waals surface area contributed by atoms with Crippen molar-refractivity contribution in [1.82, 2.24) is 35.2 Å². The van der Waals surface area contributed by atoms with Gasteiger partial charge in [-0.1, -0.05) is 95.0 Å². The van der Waals surface area contributed by atoms with E-state index in [-0.39, 0.29) is 25.5 Å². The van der Waals surface area contributed by atoms with Gasteiger partial charge >= 0.3 is 6.03 Å². The summed E-state index contributed by atoms with van der Waals surface area (Å²) in [4.78, 5) is 38.1. The zero-order valence-electron chi connectivity index (χ0n) is 31.5. The summed E-state index contributed by atoms with van der Waals surface area (Å²) in [5.41, 5.74) is 6.08. The number of fused-ring (bicyclic) bond motifs is 3. The van der Waals surface area contributed by atoms with Gasteiger partial charge in [0.15, 0.2) is 0 Å². The van der Waals surface area contributed by atoms with Crippen molar-refractivity contribution in [2.24, 2.45) is 0 Å². The third-order valence-corrected chi connectivity index (χ3v) is 8.71. The summed E-state index contributed by atoms with van der Waals surface area (Å²) in [7, 11) is 0. The number of amides is 2. The maximum atomic E-state index is 12.4. The van der Waals surface area contributed by atoms with Crippen LogP contribution in [-0.4, -0.2) is 42.5 Å². The predicted octanol–water partition coefficient (Wildman–Crippen LogP) is 11.1. The Morgan fingerprint density at radius 1 is 0.491 bits per heavy atom. The van der Waals surface area contributed by atoms with Gasteiger partial charge in [-0.25, -0.2) is 4.79 Å². The van der Waals surface area contributed by atoms with E-state index < -0.39 is 0 Å². The summed E-state index contributed by atoms with van der Waals surface area (Å²) in [6, 6.07) is 32.7. The van der Waals surface area contributed by atoms with Crippen LogP contribution in [0, 0.1) is 0 Å². The van der Waals surface area contributed by atoms with E-state index in [1.165, 1.54) is 57.8 Å². The van der Waals surface area contributed by atoms with Crippen molar-refractivity contribution in [1.29, 1.82) is 0 Å². The molecule has 7 rings (SSSR count). The SMILES string of the molecule is CCCCCCCCCCCCNC(=O)Nc1cc2cccnc2c2ncccc12.[Ru].c1ccc(-c2ccccn2)nc1.c1ccc(-c2ccccn2)nc1. The molecule has 10 heteroatoms. The van der Waals surface area contributed by atoms with Crippen LogP contribution in [0.25, 0.3) is 44.6 Å². The molecule has 284 valence electrons. The quantitative estimate of drug-likeness (QED) is 0.0637. The first kappa shape index (κ1) is 42.3. The molecule has 2 N–H and O–H groups in total. The van der Waals surface area contributed by atoms with E-state index in [4.69, 9.17) is 0 Å². The van der Waals surface area contributed by atoms with Crippen LogP contribution in [0.3, 0.4) is 0 Å². The molecule has 0 aliphatic rings. The van der Waals surface area contributed by atoms with Crippen molar-refractivity contribution >= 4 is 33.5 Å². The van der Waals surface area contributed by atoms with Gasteiger partial charge in [-0.15, -0.1) is 0 Å². The normalized spacial score (nSPS) is 10.3. The van der Waals surface area contributed by atoms with Crippen LogP contribution >= 0.6 is 0 Å². The fourth-order valence-corrected chi connectivity index (χ4v) is 5.92. The molecule has 6 heterocycles. The van der Waals surface area contributed by atoms with E-state index in [0.717, 1.165) is 56.7 Å². The average molecular weight is 820 g/mol. The van der Waals surface area contributed by atoms with Gasteiger partial charge in [0.25, 0.3) is 0 Å². The van der Waals surface area contributed by atoms with E-state index >= 15 is 0 Å². The van der Waals surface area contributed by atoms with E-state index in [9.17, 15) is 4.79 Å². The first-order valence-electron chi connectivity index (χ1n) is 19.0. The maximum absolute atomic E-state index is 12.4. The largest absolute Gasteiger partial charge is 0.338 e. The minimum Gasteiger partial charge on any atom is -0.338 e. The molecule has 0 bridgehead atoms. The Kier molecular flexibility index (Phi) is 19.0. The van der Waals surface area contributed by atoms with Gasteiger partial charge < -0.3 is 10.6 Å². The fourth-order valence-electron chi connectivity index (χ4n) is 5.92. The smallest absolute Gasteiger partial charge is 0.319 e. The molecule has 0 saturated carbocycles. The molecule has 0 spiro atoms. The van der Waals surface area contributed by atoms with Crippen LogP contribution in [0.15, 0.2) is 140 Å². The second-order valence-corrected chi connectivity index (χ2v) is 12.8. The number of pyridine rings is 6. The topological polar surface area (TPSA) is 118 Å². The van der Waals surface area contributed by atoms with Crippen molar-refractivity contribution in [2.75, 3.05) is 11.9 Å². The van der Waals surface area contributed by atoms with Gasteiger partial charge in [-0.2, -0.15) is 0 Å². The summed E-state index contributed by atoms with van der Waals surface area (Å²) in [5, 5.41) is 7.84. The summed E-state index contributed by atoms with van der Waals surface area (Å²) in [6.45, 7) is 2.96. The molecule has 2 amide bonds. The van der Waals surface area contributed by atoms with Gasteiger partial charge in [0.05, 0.1) is 39.5 Å². The molecule has 0 unspecified atom stereocenters. The summed E-state index contributed by atoms with van der Waals surface area (Å²) < 4.78 is 0. The van der Waals surface area contributed by atoms with E-state index in [0.29, 0.717) is 6.54 Å². The molecule has 0 aliphatic carbocycles. The van der Waals surface area contributed by atoms with Crippen molar-refractivity contribution in [3.63, 3.8) is 0 Å². The van der Waals surface area contributed by atoms with Crippen LogP contribution in [-0.2, 0) is 19.5 Å². The molecule has 9 nitrogen and oxygen atoms in total. The Hall–Kier alpha value is -5.47. The number of urea groups is 1. The van der Waals surface area contributed by atoms with Crippen molar-refractivity contribution in [2.45, 2.75) is 71.1 Å². The number of nitrogens with zero attached hydrogens (tertiary/aromatic N) is 6. The van der Waals surface area contributed by atoms with Crippen molar-refractivity contribution in [3.05, 3.63) is 140 Å². The van der Waals surface area contributed by atoms with Gasteiger partial charge in [-0.3, -0.25) is 29.9 Å². The minimum absolute atomic E-state index is 0. The number of benzene rings is 1. The molecule has 0 fully saturated rings. The van der Waals surface area contributed by atoms with Gasteiger partial charge in [0.1, 0.15) is 0 Å². The molecule has 6 aromatic heterocycles. The molecule has 1 aromatic carbocycles. The zero-order valence-corrected chi connectivity index (χ0v) is 33.2. The number of unbranched alkanes of at least 4 members (excludes halogenated alkanes) is 9. The first-order chi connectivity index (χ1) is 26.7. The van der Waals surface area contributed by atoms with E-state index in [1.807, 2.05) is 103 Å². The number of aromatic nitrogens is 6. The Bertz CT molecular complexity index is 1940. The Labute approximate surface area is 337 Å². The Morgan fingerprint density at radius 3 is 1.40 bits per heavy atom. The van der Waals surface area contributed by atoms with Crippen LogP contribution < -0.4 is 10.6 Å². The van der Waals surface area contributed by atoms with E-state index in [1.54, 1.807) is 37.2 Å².